The summed E-state index contributed by atoms with van der Waals surface area (Å²) in [5.74, 6) is -1.04. The van der Waals surface area contributed by atoms with Crippen LogP contribution in [0.3, 0.4) is 0 Å². The molecule has 6 heteroatoms. The van der Waals surface area contributed by atoms with Gasteiger partial charge in [0.2, 0.25) is 5.91 Å². The average Bonchev–Trinajstić information content (AvgIpc) is 2.92. The maximum Gasteiger partial charge on any atom is 0.320 e. The highest BCUT2D eigenvalue weighted by molar-refractivity contribution is 5.84. The van der Waals surface area contributed by atoms with Crippen LogP contribution in [0.1, 0.15) is 24.8 Å². The normalized spacial score (nSPS) is 12.2. The molecule has 2 aromatic rings. The van der Waals surface area contributed by atoms with Gasteiger partial charge in [-0.2, -0.15) is 0 Å². The van der Waals surface area contributed by atoms with Crippen molar-refractivity contribution in [3.05, 3.63) is 36.0 Å². The highest BCUT2D eigenvalue weighted by atomic mass is 16.4. The summed E-state index contributed by atoms with van der Waals surface area (Å²) in [7, 11) is 0. The van der Waals surface area contributed by atoms with Crippen LogP contribution in [0.25, 0.3) is 10.9 Å². The maximum absolute atomic E-state index is 11.8. The summed E-state index contributed by atoms with van der Waals surface area (Å²) in [6, 6.07) is 7.13. The van der Waals surface area contributed by atoms with Crippen LogP contribution in [0.4, 0.5) is 0 Å². The second-order valence-corrected chi connectivity index (χ2v) is 5.30. The number of benzene rings is 1. The van der Waals surface area contributed by atoms with Crippen LogP contribution in [0, 0.1) is 0 Å². The Balaban J connectivity index is 1.71. The van der Waals surface area contributed by atoms with Crippen molar-refractivity contribution in [2.45, 2.75) is 31.7 Å². The van der Waals surface area contributed by atoms with Crippen molar-refractivity contribution in [3.8, 4) is 0 Å². The van der Waals surface area contributed by atoms with Gasteiger partial charge in [-0.25, -0.2) is 0 Å². The monoisotopic (exact) mass is 303 g/mol. The van der Waals surface area contributed by atoms with Crippen LogP contribution in [0.15, 0.2) is 30.5 Å². The third kappa shape index (κ3) is 4.33. The highest BCUT2D eigenvalue weighted by Gasteiger charge is 2.11. The number of carbonyl (C=O) groups excluding carboxylic acids is 1. The number of H-pyrrole nitrogens is 1. The zero-order chi connectivity index (χ0) is 15.9. The molecule has 5 N–H and O–H groups in total. The van der Waals surface area contributed by atoms with Crippen LogP contribution < -0.4 is 11.1 Å². The Labute approximate surface area is 128 Å². The van der Waals surface area contributed by atoms with Crippen LogP contribution in [-0.4, -0.2) is 34.6 Å². The third-order valence-corrected chi connectivity index (χ3v) is 3.63. The van der Waals surface area contributed by atoms with Crippen molar-refractivity contribution in [3.63, 3.8) is 0 Å². The number of aryl methyl sites for hydroxylation is 1. The fourth-order valence-corrected chi connectivity index (χ4v) is 2.35. The molecule has 0 fully saturated rings. The minimum atomic E-state index is -1.01. The lowest BCUT2D eigenvalue weighted by Gasteiger charge is -2.07. The first-order valence-electron chi connectivity index (χ1n) is 7.38. The van der Waals surface area contributed by atoms with Crippen LogP contribution >= 0.6 is 0 Å². The Hall–Kier alpha value is -2.34. The molecule has 0 aliphatic carbocycles. The number of amides is 1. The molecule has 0 aliphatic heterocycles. The largest absolute Gasteiger partial charge is 0.480 e. The molecule has 0 bridgehead atoms. The molecular weight excluding hydrogens is 282 g/mol. The van der Waals surface area contributed by atoms with E-state index in [2.05, 4.69) is 10.3 Å². The van der Waals surface area contributed by atoms with Gasteiger partial charge in [-0.3, -0.25) is 9.59 Å². The molecule has 1 atom stereocenters. The Morgan fingerprint density at radius 3 is 2.86 bits per heavy atom. The predicted octanol–water partition coefficient (Wildman–Crippen LogP) is 1.41. The number of carbonyl (C=O) groups is 2. The minimum Gasteiger partial charge on any atom is -0.480 e. The first kappa shape index (κ1) is 16.0. The number of nitrogens with two attached hydrogens (primary N) is 1. The molecule has 1 amide bonds. The molecule has 0 spiro atoms. The lowest BCUT2D eigenvalue weighted by molar-refractivity contribution is -0.138. The topological polar surface area (TPSA) is 108 Å². The van der Waals surface area contributed by atoms with Gasteiger partial charge in [-0.05, 0) is 30.9 Å². The molecule has 0 radical (unpaired) electrons. The number of carboxylic acids is 1. The number of aromatic nitrogens is 1. The second kappa shape index (κ2) is 7.61. The first-order chi connectivity index (χ1) is 10.6. The molecule has 0 saturated carbocycles. The number of hydrogen-bond acceptors (Lipinski definition) is 3. The van der Waals surface area contributed by atoms with E-state index < -0.39 is 12.0 Å². The van der Waals surface area contributed by atoms with Crippen LogP contribution in [-0.2, 0) is 16.0 Å². The lowest BCUT2D eigenvalue weighted by Crippen LogP contribution is -2.32. The van der Waals surface area contributed by atoms with Crippen molar-refractivity contribution >= 4 is 22.8 Å². The number of aliphatic carboxylic acids is 1. The standard InChI is InChI=1S/C16H21N3O3/c17-13(16(21)22)5-3-9-18-15(20)8-7-11-10-19-14-6-2-1-4-12(11)14/h1-2,4,6,10,13,19H,3,5,7-9,17H2,(H,18,20)(H,21,22). The van der Waals surface area contributed by atoms with E-state index in [1.54, 1.807) is 0 Å². The van der Waals surface area contributed by atoms with Gasteiger partial charge in [0.15, 0.2) is 0 Å². The van der Waals surface area contributed by atoms with Crippen molar-refractivity contribution in [1.29, 1.82) is 0 Å². The number of rotatable bonds is 8. The molecule has 22 heavy (non-hydrogen) atoms. The first-order valence-corrected chi connectivity index (χ1v) is 7.38. The van der Waals surface area contributed by atoms with E-state index in [-0.39, 0.29) is 5.91 Å². The molecule has 1 unspecified atom stereocenters. The van der Waals surface area contributed by atoms with Gasteiger partial charge < -0.3 is 21.1 Å². The Morgan fingerprint density at radius 2 is 2.09 bits per heavy atom. The van der Waals surface area contributed by atoms with Gasteiger partial charge in [-0.1, -0.05) is 18.2 Å². The zero-order valence-electron chi connectivity index (χ0n) is 12.3. The van der Waals surface area contributed by atoms with E-state index in [1.807, 2.05) is 30.5 Å². The van der Waals surface area contributed by atoms with Gasteiger partial charge in [0.1, 0.15) is 6.04 Å². The summed E-state index contributed by atoms with van der Waals surface area (Å²) in [6.07, 6.45) is 3.94. The molecule has 1 heterocycles. The molecule has 0 aliphatic rings. The van der Waals surface area contributed by atoms with E-state index >= 15 is 0 Å². The Kier molecular flexibility index (Phi) is 5.55. The fraction of sp³-hybridized carbons (Fsp3) is 0.375. The van der Waals surface area contributed by atoms with Gasteiger partial charge in [-0.15, -0.1) is 0 Å². The van der Waals surface area contributed by atoms with Crippen molar-refractivity contribution in [2.75, 3.05) is 6.54 Å². The molecular formula is C16H21N3O3. The van der Waals surface area contributed by atoms with E-state index in [0.29, 0.717) is 32.2 Å². The molecule has 1 aromatic carbocycles. The highest BCUT2D eigenvalue weighted by Crippen LogP contribution is 2.18. The minimum absolute atomic E-state index is 0.0332. The maximum atomic E-state index is 11.8. The van der Waals surface area contributed by atoms with E-state index in [4.69, 9.17) is 10.8 Å². The molecule has 118 valence electrons. The number of carboxylic acid groups (broad SMARTS) is 1. The van der Waals surface area contributed by atoms with Crippen molar-refractivity contribution < 1.29 is 14.7 Å². The van der Waals surface area contributed by atoms with Gasteiger partial charge in [0.05, 0.1) is 0 Å². The number of hydrogen-bond donors (Lipinski definition) is 4. The quantitative estimate of drug-likeness (QED) is 0.553. The number of nitrogens with one attached hydrogen (secondary N) is 2. The average molecular weight is 303 g/mol. The van der Waals surface area contributed by atoms with Gasteiger partial charge in [0.25, 0.3) is 0 Å². The van der Waals surface area contributed by atoms with Gasteiger partial charge >= 0.3 is 5.97 Å². The molecule has 6 nitrogen and oxygen atoms in total. The third-order valence-electron chi connectivity index (χ3n) is 3.63. The Bertz CT molecular complexity index is 651. The molecule has 2 rings (SSSR count). The van der Waals surface area contributed by atoms with E-state index in [1.165, 1.54) is 0 Å². The van der Waals surface area contributed by atoms with Crippen LogP contribution in [0.2, 0.25) is 0 Å². The van der Waals surface area contributed by atoms with Crippen molar-refractivity contribution in [2.24, 2.45) is 5.73 Å². The summed E-state index contributed by atoms with van der Waals surface area (Å²) in [4.78, 5) is 25.5. The summed E-state index contributed by atoms with van der Waals surface area (Å²) < 4.78 is 0. The van der Waals surface area contributed by atoms with E-state index in [0.717, 1.165) is 16.5 Å². The summed E-state index contributed by atoms with van der Waals surface area (Å²) >= 11 is 0. The van der Waals surface area contributed by atoms with E-state index in [9.17, 15) is 9.59 Å². The van der Waals surface area contributed by atoms with Gasteiger partial charge in [0, 0.05) is 30.1 Å². The molecule has 0 saturated heterocycles. The summed E-state index contributed by atoms with van der Waals surface area (Å²) in [5.41, 5.74) is 7.59. The smallest absolute Gasteiger partial charge is 0.320 e. The molecule has 1 aromatic heterocycles. The summed E-state index contributed by atoms with van der Waals surface area (Å²) in [5, 5.41) is 12.6. The summed E-state index contributed by atoms with van der Waals surface area (Å²) in [6.45, 7) is 0.452. The SMILES string of the molecule is NC(CCCNC(=O)CCc1c[nH]c2ccccc12)C(=O)O. The number of fused-ring (bicyclic) bond motifs is 1. The fourth-order valence-electron chi connectivity index (χ4n) is 2.35. The lowest BCUT2D eigenvalue weighted by atomic mass is 10.1. The number of aromatic amines is 1. The number of para-hydroxylation sites is 1. The van der Waals surface area contributed by atoms with Crippen molar-refractivity contribution in [1.82, 2.24) is 10.3 Å². The second-order valence-electron chi connectivity index (χ2n) is 5.30. The Morgan fingerprint density at radius 1 is 1.32 bits per heavy atom. The van der Waals surface area contributed by atoms with Crippen LogP contribution in [0.5, 0.6) is 0 Å². The predicted molar refractivity (Wildman–Crippen MR) is 84.5 cm³/mol. The zero-order valence-corrected chi connectivity index (χ0v) is 12.3.